The summed E-state index contributed by atoms with van der Waals surface area (Å²) in [6.07, 6.45) is 3.08. The van der Waals surface area contributed by atoms with Crippen LogP contribution in [-0.4, -0.2) is 42.8 Å². The molecule has 1 aromatic carbocycles. The van der Waals surface area contributed by atoms with Crippen molar-refractivity contribution < 1.29 is 4.74 Å². The molecule has 4 aromatic rings. The number of aromatic amines is 1. The Hall–Kier alpha value is -2.88. The number of H-pyrrole nitrogens is 1. The van der Waals surface area contributed by atoms with E-state index >= 15 is 0 Å². The Labute approximate surface area is 202 Å². The third-order valence-electron chi connectivity index (χ3n) is 6.48. The number of aromatic nitrogens is 5. The Morgan fingerprint density at radius 1 is 1.29 bits per heavy atom. The van der Waals surface area contributed by atoms with Gasteiger partial charge in [0.05, 0.1) is 18.7 Å². The van der Waals surface area contributed by atoms with Crippen molar-refractivity contribution in [2.45, 2.75) is 64.9 Å². The molecule has 34 heavy (non-hydrogen) atoms. The third kappa shape index (κ3) is 4.96. The second kappa shape index (κ2) is 10.2. The largest absolute Gasteiger partial charge is 0.376 e. The van der Waals surface area contributed by atoms with E-state index in [1.165, 1.54) is 4.88 Å². The first-order valence-corrected chi connectivity index (χ1v) is 12.8. The van der Waals surface area contributed by atoms with Crippen LogP contribution < -0.4 is 5.56 Å². The fourth-order valence-corrected chi connectivity index (χ4v) is 5.47. The zero-order valence-electron chi connectivity index (χ0n) is 19.6. The Morgan fingerprint density at radius 3 is 2.97 bits per heavy atom. The van der Waals surface area contributed by atoms with Crippen LogP contribution in [0.25, 0.3) is 10.9 Å². The molecule has 1 aliphatic rings. The van der Waals surface area contributed by atoms with Crippen molar-refractivity contribution in [1.82, 2.24) is 30.1 Å². The molecule has 0 radical (unpaired) electrons. The summed E-state index contributed by atoms with van der Waals surface area (Å²) in [5.74, 6) is 0.822. The van der Waals surface area contributed by atoms with Gasteiger partial charge in [0, 0.05) is 35.7 Å². The van der Waals surface area contributed by atoms with Gasteiger partial charge in [-0.05, 0) is 71.1 Å². The van der Waals surface area contributed by atoms with Crippen molar-refractivity contribution >= 4 is 22.2 Å². The zero-order chi connectivity index (χ0) is 23.5. The zero-order valence-corrected chi connectivity index (χ0v) is 20.4. The normalized spacial score (nSPS) is 17.1. The van der Waals surface area contributed by atoms with Gasteiger partial charge in [-0.15, -0.1) is 16.4 Å². The molecule has 9 heteroatoms. The minimum atomic E-state index is -0.0527. The standard InChI is InChI=1S/C25H30N6O2S/c1-3-23(24-27-28-29-31(24)15-20-6-4-10-33-20)30(16-21-7-5-11-34-21)14-19-13-18-9-8-17(2)12-22(18)26-25(19)32/h5,7-9,11-13,20,23H,3-4,6,10,14-16H2,1-2H3,(H,26,32)/t20-,23+/m1/s1. The number of rotatable bonds is 9. The lowest BCUT2D eigenvalue weighted by atomic mass is 10.1. The Morgan fingerprint density at radius 2 is 2.21 bits per heavy atom. The number of thiophene rings is 1. The predicted molar refractivity (Wildman–Crippen MR) is 133 cm³/mol. The maximum Gasteiger partial charge on any atom is 0.252 e. The monoisotopic (exact) mass is 478 g/mol. The summed E-state index contributed by atoms with van der Waals surface area (Å²) in [4.78, 5) is 19.7. The number of hydrogen-bond acceptors (Lipinski definition) is 7. The summed E-state index contributed by atoms with van der Waals surface area (Å²) >= 11 is 1.72. The van der Waals surface area contributed by atoms with Gasteiger partial charge in [-0.2, -0.15) is 0 Å². The number of nitrogens with one attached hydrogen (secondary N) is 1. The van der Waals surface area contributed by atoms with Crippen LogP contribution in [0.15, 0.2) is 46.6 Å². The quantitative estimate of drug-likeness (QED) is 0.388. The highest BCUT2D eigenvalue weighted by Crippen LogP contribution is 2.28. The Bertz CT molecular complexity index is 1290. The van der Waals surface area contributed by atoms with Gasteiger partial charge in [0.15, 0.2) is 5.82 Å². The van der Waals surface area contributed by atoms with E-state index < -0.39 is 0 Å². The van der Waals surface area contributed by atoms with Gasteiger partial charge in [-0.25, -0.2) is 4.68 Å². The van der Waals surface area contributed by atoms with Crippen molar-refractivity contribution in [3.63, 3.8) is 0 Å². The van der Waals surface area contributed by atoms with E-state index in [2.05, 4.69) is 62.0 Å². The Kier molecular flexibility index (Phi) is 6.85. The molecular formula is C25H30N6O2S. The molecule has 0 unspecified atom stereocenters. The van der Waals surface area contributed by atoms with Gasteiger partial charge in [-0.3, -0.25) is 9.69 Å². The molecule has 0 aliphatic carbocycles. The lowest BCUT2D eigenvalue weighted by molar-refractivity contribution is 0.0889. The van der Waals surface area contributed by atoms with Crippen LogP contribution in [0.3, 0.4) is 0 Å². The number of ether oxygens (including phenoxy) is 1. The van der Waals surface area contributed by atoms with Crippen molar-refractivity contribution in [1.29, 1.82) is 0 Å². The Balaban J connectivity index is 1.48. The second-order valence-electron chi connectivity index (χ2n) is 8.98. The number of aryl methyl sites for hydroxylation is 1. The first-order valence-electron chi connectivity index (χ1n) is 11.9. The predicted octanol–water partition coefficient (Wildman–Crippen LogP) is 4.22. The van der Waals surface area contributed by atoms with Crippen molar-refractivity contribution in [2.75, 3.05) is 6.61 Å². The van der Waals surface area contributed by atoms with E-state index in [9.17, 15) is 4.79 Å². The van der Waals surface area contributed by atoms with Crippen LogP contribution in [0, 0.1) is 6.92 Å². The summed E-state index contributed by atoms with van der Waals surface area (Å²) in [7, 11) is 0. The summed E-state index contributed by atoms with van der Waals surface area (Å²) < 4.78 is 7.72. The van der Waals surface area contributed by atoms with E-state index in [0.717, 1.165) is 53.7 Å². The van der Waals surface area contributed by atoms with Crippen LogP contribution in [0.1, 0.15) is 54.1 Å². The SMILES string of the molecule is CC[C@@H](c1nnnn1C[C@H]1CCCO1)N(Cc1cccs1)Cc1cc2ccc(C)cc2[nH]c1=O. The van der Waals surface area contributed by atoms with Crippen LogP contribution in [0.5, 0.6) is 0 Å². The third-order valence-corrected chi connectivity index (χ3v) is 7.34. The fourth-order valence-electron chi connectivity index (χ4n) is 4.74. The van der Waals surface area contributed by atoms with Crippen molar-refractivity contribution in [3.05, 3.63) is 74.0 Å². The van der Waals surface area contributed by atoms with Crippen LogP contribution in [-0.2, 0) is 24.4 Å². The van der Waals surface area contributed by atoms with E-state index in [0.29, 0.717) is 19.6 Å². The van der Waals surface area contributed by atoms with Gasteiger partial charge in [0.2, 0.25) is 0 Å². The first kappa shape index (κ1) is 22.9. The van der Waals surface area contributed by atoms with Crippen molar-refractivity contribution in [3.8, 4) is 0 Å². The highest BCUT2D eigenvalue weighted by atomic mass is 32.1. The number of benzene rings is 1. The summed E-state index contributed by atoms with van der Waals surface area (Å²) in [6, 6.07) is 12.3. The highest BCUT2D eigenvalue weighted by molar-refractivity contribution is 7.09. The average molecular weight is 479 g/mol. The molecule has 0 spiro atoms. The maximum absolute atomic E-state index is 13.0. The van der Waals surface area contributed by atoms with Gasteiger partial charge >= 0.3 is 0 Å². The number of nitrogens with zero attached hydrogens (tertiary/aromatic N) is 5. The average Bonchev–Trinajstić information content (AvgIpc) is 3.60. The van der Waals surface area contributed by atoms with E-state index in [1.807, 2.05) is 23.7 Å². The molecular weight excluding hydrogens is 448 g/mol. The molecule has 4 heterocycles. The number of fused-ring (bicyclic) bond motifs is 1. The molecule has 0 bridgehead atoms. The van der Waals surface area contributed by atoms with Gasteiger partial charge < -0.3 is 9.72 Å². The molecule has 1 fully saturated rings. The lowest BCUT2D eigenvalue weighted by Crippen LogP contribution is -2.33. The molecule has 1 N–H and O–H groups in total. The summed E-state index contributed by atoms with van der Waals surface area (Å²) in [5, 5.41) is 15.8. The minimum Gasteiger partial charge on any atom is -0.376 e. The van der Waals surface area contributed by atoms with Gasteiger partial charge in [-0.1, -0.05) is 25.1 Å². The first-order chi connectivity index (χ1) is 16.6. The maximum atomic E-state index is 13.0. The smallest absolute Gasteiger partial charge is 0.252 e. The molecule has 5 rings (SSSR count). The molecule has 1 saturated heterocycles. The fraction of sp³-hybridized carbons (Fsp3) is 0.440. The van der Waals surface area contributed by atoms with E-state index in [1.54, 1.807) is 11.3 Å². The lowest BCUT2D eigenvalue weighted by Gasteiger charge is -2.30. The molecule has 3 aromatic heterocycles. The molecule has 8 nitrogen and oxygen atoms in total. The van der Waals surface area contributed by atoms with Crippen LogP contribution in [0.2, 0.25) is 0 Å². The number of hydrogen-bond donors (Lipinski definition) is 1. The van der Waals surface area contributed by atoms with E-state index in [4.69, 9.17) is 4.74 Å². The van der Waals surface area contributed by atoms with E-state index in [-0.39, 0.29) is 17.7 Å². The molecule has 0 saturated carbocycles. The number of pyridine rings is 1. The van der Waals surface area contributed by atoms with Gasteiger partial charge in [0.1, 0.15) is 0 Å². The summed E-state index contributed by atoms with van der Waals surface area (Å²) in [5.41, 5.74) is 2.68. The van der Waals surface area contributed by atoms with Crippen LogP contribution in [0.4, 0.5) is 0 Å². The summed E-state index contributed by atoms with van der Waals surface area (Å²) in [6.45, 7) is 6.85. The molecule has 1 aliphatic heterocycles. The second-order valence-corrected chi connectivity index (χ2v) is 10.0. The number of tetrazole rings is 1. The van der Waals surface area contributed by atoms with Crippen molar-refractivity contribution in [2.24, 2.45) is 0 Å². The molecule has 0 amide bonds. The topological polar surface area (TPSA) is 88.9 Å². The van der Waals surface area contributed by atoms with Crippen LogP contribution >= 0.6 is 11.3 Å². The molecule has 2 atom stereocenters. The highest BCUT2D eigenvalue weighted by Gasteiger charge is 2.28. The van der Waals surface area contributed by atoms with Gasteiger partial charge in [0.25, 0.3) is 5.56 Å². The minimum absolute atomic E-state index is 0.0355. The molecule has 178 valence electrons.